The number of hydrogen-bond donors (Lipinski definition) is 2. The molecule has 5 heteroatoms. The minimum atomic E-state index is -0.428. The van der Waals surface area contributed by atoms with Crippen molar-refractivity contribution in [1.29, 1.82) is 0 Å². The summed E-state index contributed by atoms with van der Waals surface area (Å²) < 4.78 is 5.22. The average Bonchev–Trinajstić information content (AvgIpc) is 2.24. The van der Waals surface area contributed by atoms with E-state index in [1.165, 1.54) is 6.42 Å². The molecule has 1 fully saturated rings. The molecule has 2 unspecified atom stereocenters. The minimum absolute atomic E-state index is 0.286. The molecule has 2 atom stereocenters. The predicted molar refractivity (Wildman–Crippen MR) is 77.0 cm³/mol. The molecule has 1 N–H and O–H groups in total. The fourth-order valence-corrected chi connectivity index (χ4v) is 2.35. The van der Waals surface area contributed by atoms with E-state index in [1.807, 2.05) is 20.8 Å². The zero-order chi connectivity index (χ0) is 13.8. The first-order valence-corrected chi connectivity index (χ1v) is 7.18. The number of nitrogens with one attached hydrogen (secondary N) is 1. The van der Waals surface area contributed by atoms with Crippen LogP contribution in [0.25, 0.3) is 0 Å². The third-order valence-corrected chi connectivity index (χ3v) is 3.34. The van der Waals surface area contributed by atoms with Crippen molar-refractivity contribution in [1.82, 2.24) is 10.2 Å². The Morgan fingerprint density at radius 1 is 1.56 bits per heavy atom. The van der Waals surface area contributed by atoms with Crippen molar-refractivity contribution in [3.8, 4) is 0 Å². The van der Waals surface area contributed by atoms with Gasteiger partial charge in [0.1, 0.15) is 5.60 Å². The van der Waals surface area contributed by atoms with E-state index in [0.29, 0.717) is 12.5 Å². The van der Waals surface area contributed by atoms with Crippen molar-refractivity contribution in [2.24, 2.45) is 5.92 Å². The zero-order valence-corrected chi connectivity index (χ0v) is 12.8. The Labute approximate surface area is 116 Å². The topological polar surface area (TPSA) is 41.6 Å². The average molecular weight is 274 g/mol. The van der Waals surface area contributed by atoms with E-state index in [1.54, 1.807) is 0 Å². The van der Waals surface area contributed by atoms with Crippen LogP contribution >= 0.6 is 12.6 Å². The highest BCUT2D eigenvalue weighted by Crippen LogP contribution is 2.19. The maximum absolute atomic E-state index is 11.6. The van der Waals surface area contributed by atoms with Crippen LogP contribution in [0.2, 0.25) is 0 Å². The Morgan fingerprint density at radius 3 is 2.78 bits per heavy atom. The van der Waals surface area contributed by atoms with Crippen LogP contribution in [0.15, 0.2) is 0 Å². The first-order valence-electron chi connectivity index (χ1n) is 6.67. The molecular weight excluding hydrogens is 248 g/mol. The van der Waals surface area contributed by atoms with Gasteiger partial charge in [-0.1, -0.05) is 0 Å². The van der Waals surface area contributed by atoms with Gasteiger partial charge in [0.25, 0.3) is 0 Å². The van der Waals surface area contributed by atoms with Gasteiger partial charge in [0.15, 0.2) is 0 Å². The molecule has 1 heterocycles. The van der Waals surface area contributed by atoms with E-state index in [-0.39, 0.29) is 11.5 Å². The summed E-state index contributed by atoms with van der Waals surface area (Å²) in [6.07, 6.45) is 2.01. The van der Waals surface area contributed by atoms with Gasteiger partial charge < -0.3 is 10.1 Å². The number of carbonyl (C=O) groups excluding carboxylic acids is 1. The quantitative estimate of drug-likeness (QED) is 0.777. The van der Waals surface area contributed by atoms with Gasteiger partial charge >= 0.3 is 6.09 Å². The van der Waals surface area contributed by atoms with Crippen molar-refractivity contribution < 1.29 is 9.53 Å². The van der Waals surface area contributed by atoms with Gasteiger partial charge in [-0.15, -0.1) is 0 Å². The minimum Gasteiger partial charge on any atom is -0.444 e. The maximum Gasteiger partial charge on any atom is 0.407 e. The van der Waals surface area contributed by atoms with Crippen molar-refractivity contribution in [3.05, 3.63) is 0 Å². The van der Waals surface area contributed by atoms with Gasteiger partial charge in [0.2, 0.25) is 0 Å². The summed E-state index contributed by atoms with van der Waals surface area (Å²) in [5, 5.41) is 3.14. The highest BCUT2D eigenvalue weighted by molar-refractivity contribution is 7.80. The first-order chi connectivity index (χ1) is 8.28. The Bertz CT molecular complexity index is 277. The smallest absolute Gasteiger partial charge is 0.407 e. The molecule has 0 aliphatic carbocycles. The van der Waals surface area contributed by atoms with Gasteiger partial charge in [0, 0.05) is 18.5 Å². The molecule has 0 aromatic heterocycles. The Balaban J connectivity index is 2.28. The lowest BCUT2D eigenvalue weighted by Crippen LogP contribution is -2.44. The number of likely N-dealkylation sites (tertiary alicyclic amines) is 1. The zero-order valence-electron chi connectivity index (χ0n) is 11.9. The second kappa shape index (κ2) is 6.66. The summed E-state index contributed by atoms with van der Waals surface area (Å²) in [5.74, 6) is 0.501. The van der Waals surface area contributed by atoms with Crippen LogP contribution < -0.4 is 5.32 Å². The number of nitrogens with zero attached hydrogens (tertiary/aromatic N) is 1. The number of ether oxygens (including phenoxy) is 1. The largest absolute Gasteiger partial charge is 0.444 e. The van der Waals surface area contributed by atoms with Gasteiger partial charge in [-0.05, 0) is 53.0 Å². The van der Waals surface area contributed by atoms with Gasteiger partial charge in [-0.2, -0.15) is 12.6 Å². The molecule has 1 rings (SSSR count). The lowest BCUT2D eigenvalue weighted by Gasteiger charge is -2.35. The third kappa shape index (κ3) is 5.96. The summed E-state index contributed by atoms with van der Waals surface area (Å²) in [4.78, 5) is 13.9. The molecule has 0 aromatic rings. The first kappa shape index (κ1) is 15.6. The van der Waals surface area contributed by atoms with E-state index >= 15 is 0 Å². The standard InChI is InChI=1S/C13H26N2O2S/c1-10(18)15-7-5-6-11(9-15)8-14-12(16)17-13(2,3)4/h10-11,18H,5-9H2,1-4H3,(H,14,16). The highest BCUT2D eigenvalue weighted by Gasteiger charge is 2.23. The molecule has 4 nitrogen and oxygen atoms in total. The normalized spacial score (nSPS) is 23.5. The Morgan fingerprint density at radius 2 is 2.22 bits per heavy atom. The summed E-state index contributed by atoms with van der Waals surface area (Å²) in [6.45, 7) is 10.5. The van der Waals surface area contributed by atoms with E-state index in [4.69, 9.17) is 4.74 Å². The van der Waals surface area contributed by atoms with E-state index in [9.17, 15) is 4.79 Å². The third-order valence-electron chi connectivity index (χ3n) is 3.01. The second-order valence-electron chi connectivity index (χ2n) is 6.02. The molecule has 18 heavy (non-hydrogen) atoms. The van der Waals surface area contributed by atoms with Gasteiger partial charge in [0.05, 0.1) is 0 Å². The second-order valence-corrected chi connectivity index (χ2v) is 6.77. The Hall–Kier alpha value is -0.420. The highest BCUT2D eigenvalue weighted by atomic mass is 32.1. The fourth-order valence-electron chi connectivity index (χ4n) is 2.15. The molecule has 1 saturated heterocycles. The maximum atomic E-state index is 11.6. The molecule has 0 saturated carbocycles. The fraction of sp³-hybridized carbons (Fsp3) is 0.923. The Kier molecular flexibility index (Phi) is 5.79. The molecule has 0 spiro atoms. The molecule has 1 aliphatic rings. The van der Waals surface area contributed by atoms with E-state index < -0.39 is 5.60 Å². The van der Waals surface area contributed by atoms with E-state index in [2.05, 4.69) is 29.8 Å². The molecule has 0 aromatic carbocycles. The van der Waals surface area contributed by atoms with Crippen LogP contribution in [-0.2, 0) is 4.74 Å². The van der Waals surface area contributed by atoms with Crippen LogP contribution in [0, 0.1) is 5.92 Å². The van der Waals surface area contributed by atoms with Crippen molar-refractivity contribution in [3.63, 3.8) is 0 Å². The molecule has 0 bridgehead atoms. The summed E-state index contributed by atoms with van der Waals surface area (Å²) >= 11 is 4.46. The number of thiol groups is 1. The van der Waals surface area contributed by atoms with Crippen LogP contribution in [0.4, 0.5) is 4.79 Å². The molecule has 0 radical (unpaired) electrons. The van der Waals surface area contributed by atoms with Gasteiger partial charge in [-0.25, -0.2) is 4.79 Å². The number of piperidine rings is 1. The van der Waals surface area contributed by atoms with Crippen molar-refractivity contribution >= 4 is 18.7 Å². The molecular formula is C13H26N2O2S. The molecule has 1 amide bonds. The SMILES string of the molecule is CC(S)N1CCCC(CNC(=O)OC(C)(C)C)C1. The van der Waals surface area contributed by atoms with Crippen molar-refractivity contribution in [2.75, 3.05) is 19.6 Å². The van der Waals surface area contributed by atoms with Crippen LogP contribution in [0.5, 0.6) is 0 Å². The lowest BCUT2D eigenvalue weighted by atomic mass is 9.98. The number of hydrogen-bond acceptors (Lipinski definition) is 4. The van der Waals surface area contributed by atoms with E-state index in [0.717, 1.165) is 19.5 Å². The molecule has 106 valence electrons. The summed E-state index contributed by atoms with van der Waals surface area (Å²) in [7, 11) is 0. The van der Waals surface area contributed by atoms with Crippen LogP contribution in [0.3, 0.4) is 0 Å². The number of amides is 1. The number of carbonyl (C=O) groups is 1. The monoisotopic (exact) mass is 274 g/mol. The van der Waals surface area contributed by atoms with Crippen LogP contribution in [-0.4, -0.2) is 41.6 Å². The lowest BCUT2D eigenvalue weighted by molar-refractivity contribution is 0.0506. The summed E-state index contributed by atoms with van der Waals surface area (Å²) in [6, 6.07) is 0. The van der Waals surface area contributed by atoms with Gasteiger partial charge in [-0.3, -0.25) is 4.90 Å². The molecule has 1 aliphatic heterocycles. The van der Waals surface area contributed by atoms with Crippen molar-refractivity contribution in [2.45, 2.75) is 51.5 Å². The predicted octanol–water partition coefficient (Wildman–Crippen LogP) is 2.50. The summed E-state index contributed by atoms with van der Waals surface area (Å²) in [5.41, 5.74) is -0.428. The number of alkyl carbamates (subject to hydrolysis) is 1. The van der Waals surface area contributed by atoms with Crippen LogP contribution in [0.1, 0.15) is 40.5 Å². The number of rotatable bonds is 3.